The number of anilines is 1. The number of nitrogens with zero attached hydrogens (tertiary/aromatic N) is 2. The average Bonchev–Trinajstić information content (AvgIpc) is 3.56. The highest BCUT2D eigenvalue weighted by Crippen LogP contribution is 2.40. The van der Waals surface area contributed by atoms with Crippen molar-refractivity contribution < 1.29 is 18.7 Å². The van der Waals surface area contributed by atoms with Crippen LogP contribution in [0.15, 0.2) is 59.3 Å². The third-order valence-electron chi connectivity index (χ3n) is 7.27. The van der Waals surface area contributed by atoms with Crippen molar-refractivity contribution in [3.63, 3.8) is 0 Å². The quantitative estimate of drug-likeness (QED) is 0.247. The van der Waals surface area contributed by atoms with Crippen molar-refractivity contribution in [1.29, 1.82) is 0 Å². The van der Waals surface area contributed by atoms with Crippen LogP contribution in [0.4, 0.5) is 5.69 Å². The van der Waals surface area contributed by atoms with Crippen LogP contribution >= 0.6 is 11.3 Å². The van der Waals surface area contributed by atoms with Crippen LogP contribution in [0.3, 0.4) is 0 Å². The van der Waals surface area contributed by atoms with Gasteiger partial charge in [0.15, 0.2) is 0 Å². The molecule has 5 rings (SSSR count). The molecule has 3 heterocycles. The normalized spacial score (nSPS) is 17.8. The smallest absolute Gasteiger partial charge is 0.350 e. The number of thiophene rings is 1. The van der Waals surface area contributed by atoms with Gasteiger partial charge >= 0.3 is 5.97 Å². The maximum absolute atomic E-state index is 13.7. The molecule has 7 heteroatoms. The number of ether oxygens (including phenoxy) is 1. The lowest BCUT2D eigenvalue weighted by atomic mass is 9.82. The highest BCUT2D eigenvalue weighted by molar-refractivity contribution is 7.18. The van der Waals surface area contributed by atoms with Crippen LogP contribution in [-0.4, -0.2) is 30.0 Å². The molecule has 37 heavy (non-hydrogen) atoms. The zero-order valence-electron chi connectivity index (χ0n) is 21.7. The summed E-state index contributed by atoms with van der Waals surface area (Å²) in [6.45, 7) is 6.25. The van der Waals surface area contributed by atoms with E-state index in [0.29, 0.717) is 22.2 Å². The van der Waals surface area contributed by atoms with Gasteiger partial charge in [0, 0.05) is 34.0 Å². The number of hydrogen-bond donors (Lipinski definition) is 0. The fourth-order valence-electron chi connectivity index (χ4n) is 5.14. The highest BCUT2D eigenvalue weighted by atomic mass is 32.1. The summed E-state index contributed by atoms with van der Waals surface area (Å²) < 4.78 is 10.5. The monoisotopic (exact) mass is 516 g/mol. The Hall–Kier alpha value is -3.45. The van der Waals surface area contributed by atoms with Crippen LogP contribution < -0.4 is 4.90 Å². The van der Waals surface area contributed by atoms with Gasteiger partial charge in [0.1, 0.15) is 4.88 Å². The average molecular weight is 517 g/mol. The van der Waals surface area contributed by atoms with E-state index in [9.17, 15) is 9.59 Å². The molecule has 0 bridgehead atoms. The van der Waals surface area contributed by atoms with Gasteiger partial charge in [-0.2, -0.15) is 0 Å². The number of pyridine rings is 1. The molecule has 1 amide bonds. The molecule has 6 nitrogen and oxygen atoms in total. The van der Waals surface area contributed by atoms with Gasteiger partial charge in [-0.15, -0.1) is 11.3 Å². The molecule has 0 atom stereocenters. The van der Waals surface area contributed by atoms with E-state index >= 15 is 0 Å². The fourth-order valence-corrected chi connectivity index (χ4v) is 6.21. The predicted octanol–water partition coefficient (Wildman–Crippen LogP) is 7.58. The molecule has 0 saturated heterocycles. The summed E-state index contributed by atoms with van der Waals surface area (Å²) in [6, 6.07) is 14.0. The number of aromatic nitrogens is 1. The van der Waals surface area contributed by atoms with Gasteiger partial charge in [-0.05, 0) is 74.8 Å². The molecule has 0 unspecified atom stereocenters. The fraction of sp³-hybridized carbons (Fsp3) is 0.367. The maximum Gasteiger partial charge on any atom is 0.350 e. The number of carbonyl (C=O) groups excluding carboxylic acids is 2. The molecule has 0 spiro atoms. The van der Waals surface area contributed by atoms with Crippen LogP contribution in [0.1, 0.15) is 56.1 Å². The summed E-state index contributed by atoms with van der Waals surface area (Å²) >= 11 is 1.37. The van der Waals surface area contributed by atoms with Gasteiger partial charge in [-0.3, -0.25) is 4.79 Å². The molecular weight excluding hydrogens is 484 g/mol. The largest absolute Gasteiger partial charge is 0.465 e. The molecule has 1 aliphatic carbocycles. The first-order valence-electron chi connectivity index (χ1n) is 12.8. The lowest BCUT2D eigenvalue weighted by Crippen LogP contribution is -2.42. The Morgan fingerprint density at radius 3 is 2.41 bits per heavy atom. The van der Waals surface area contributed by atoms with Gasteiger partial charge < -0.3 is 14.1 Å². The number of furan rings is 1. The van der Waals surface area contributed by atoms with Crippen molar-refractivity contribution in [2.45, 2.75) is 52.5 Å². The summed E-state index contributed by atoms with van der Waals surface area (Å²) in [5.41, 5.74) is 4.28. The van der Waals surface area contributed by atoms with Crippen LogP contribution in [0.5, 0.6) is 0 Å². The molecule has 3 aromatic heterocycles. The highest BCUT2D eigenvalue weighted by Gasteiger charge is 2.33. The van der Waals surface area contributed by atoms with E-state index in [1.165, 1.54) is 18.4 Å². The van der Waals surface area contributed by atoms with Gasteiger partial charge in [-0.25, -0.2) is 9.78 Å². The summed E-state index contributed by atoms with van der Waals surface area (Å²) in [4.78, 5) is 34.1. The summed E-state index contributed by atoms with van der Waals surface area (Å²) in [6.07, 6.45) is 7.37. The Morgan fingerprint density at radius 1 is 1.03 bits per heavy atom. The number of benzene rings is 1. The Balaban J connectivity index is 1.47. The molecule has 0 N–H and O–H groups in total. The van der Waals surface area contributed by atoms with E-state index in [1.807, 2.05) is 55.1 Å². The van der Waals surface area contributed by atoms with Gasteiger partial charge in [0.2, 0.25) is 11.6 Å². The molecule has 1 aromatic carbocycles. The van der Waals surface area contributed by atoms with Crippen LogP contribution in [0.25, 0.3) is 32.7 Å². The maximum atomic E-state index is 13.7. The van der Waals surface area contributed by atoms with E-state index in [2.05, 4.69) is 18.0 Å². The summed E-state index contributed by atoms with van der Waals surface area (Å²) in [7, 11) is 1.38. The van der Waals surface area contributed by atoms with E-state index in [4.69, 9.17) is 9.15 Å². The van der Waals surface area contributed by atoms with Crippen LogP contribution in [0.2, 0.25) is 0 Å². The minimum atomic E-state index is -0.418. The minimum Gasteiger partial charge on any atom is -0.465 e. The van der Waals surface area contributed by atoms with Gasteiger partial charge in [0.05, 0.1) is 19.1 Å². The van der Waals surface area contributed by atoms with Gasteiger partial charge in [-0.1, -0.05) is 31.2 Å². The van der Waals surface area contributed by atoms with E-state index in [0.717, 1.165) is 52.6 Å². The van der Waals surface area contributed by atoms with Crippen molar-refractivity contribution in [1.82, 2.24) is 4.98 Å². The first kappa shape index (κ1) is 25.2. The van der Waals surface area contributed by atoms with Gasteiger partial charge in [0.25, 0.3) is 0 Å². The Labute approximate surface area is 221 Å². The second kappa shape index (κ2) is 10.5. The lowest BCUT2D eigenvalue weighted by Gasteiger charge is -2.33. The van der Waals surface area contributed by atoms with Crippen LogP contribution in [0, 0.1) is 11.8 Å². The van der Waals surface area contributed by atoms with E-state index in [-0.39, 0.29) is 17.9 Å². The second-order valence-electron chi connectivity index (χ2n) is 10.2. The third kappa shape index (κ3) is 5.05. The minimum absolute atomic E-state index is 0.00657. The molecular formula is C30H32N2O4S. The Morgan fingerprint density at radius 2 is 1.73 bits per heavy atom. The second-order valence-corrected chi connectivity index (χ2v) is 11.2. The molecule has 1 aliphatic rings. The molecule has 192 valence electrons. The number of rotatable bonds is 6. The Kier molecular flexibility index (Phi) is 7.15. The number of carbonyl (C=O) groups is 2. The number of hydrogen-bond acceptors (Lipinski definition) is 6. The van der Waals surface area contributed by atoms with Crippen molar-refractivity contribution in [2.75, 3.05) is 12.0 Å². The third-order valence-corrected chi connectivity index (χ3v) is 8.42. The molecule has 4 aromatic rings. The summed E-state index contributed by atoms with van der Waals surface area (Å²) in [5.74, 6) is 0.343. The molecule has 0 radical (unpaired) electrons. The van der Waals surface area contributed by atoms with Crippen molar-refractivity contribution >= 4 is 40.0 Å². The first-order valence-corrected chi connectivity index (χ1v) is 13.7. The topological polar surface area (TPSA) is 72.6 Å². The van der Waals surface area contributed by atoms with Crippen molar-refractivity contribution in [3.8, 4) is 21.6 Å². The standard InChI is InChI=1S/C30H32N2O4S/c1-18(2)32(29(33)22-7-5-19(3)6-8-22)25-16-26(37-27(25)30(34)35-4)21-11-9-20(10-12-21)24-15-23-13-14-36-28(23)31-17-24/h9-19,22H,5-8H2,1-4H3. The van der Waals surface area contributed by atoms with Crippen LogP contribution in [-0.2, 0) is 9.53 Å². The summed E-state index contributed by atoms with van der Waals surface area (Å²) in [5, 5.41) is 0.957. The van der Waals surface area contributed by atoms with Crippen molar-refractivity contribution in [3.05, 3.63) is 59.8 Å². The lowest BCUT2D eigenvalue weighted by molar-refractivity contribution is -0.123. The zero-order valence-corrected chi connectivity index (χ0v) is 22.5. The molecule has 0 aliphatic heterocycles. The Bertz CT molecular complexity index is 1410. The predicted molar refractivity (Wildman–Crippen MR) is 148 cm³/mol. The number of fused-ring (bicyclic) bond motifs is 1. The zero-order chi connectivity index (χ0) is 26.1. The number of esters is 1. The molecule has 1 saturated carbocycles. The van der Waals surface area contributed by atoms with E-state index < -0.39 is 5.97 Å². The first-order chi connectivity index (χ1) is 17.9. The molecule has 1 fully saturated rings. The number of methoxy groups -OCH3 is 1. The SMILES string of the molecule is COC(=O)c1sc(-c2ccc(-c3cnc4occc4c3)cc2)cc1N(C(=O)C1CCC(C)CC1)C(C)C. The van der Waals surface area contributed by atoms with E-state index in [1.54, 1.807) is 12.5 Å². The number of amides is 1. The van der Waals surface area contributed by atoms with Crippen molar-refractivity contribution in [2.24, 2.45) is 11.8 Å².